The molecule has 1 heterocycles. The number of aliphatic imine (C=N–C) groups is 1. The number of rotatable bonds is 4. The van der Waals surface area contributed by atoms with Crippen LogP contribution in [-0.2, 0) is 13.5 Å². The fourth-order valence-electron chi connectivity index (χ4n) is 2.53. The fraction of sp³-hybridized carbons (Fsp3) is 0.167. The predicted molar refractivity (Wildman–Crippen MR) is 87.2 cm³/mol. The van der Waals surface area contributed by atoms with Gasteiger partial charge < -0.3 is 9.67 Å². The molecular formula is C18H18N2O. The maximum absolute atomic E-state index is 10.2. The monoisotopic (exact) mass is 278 g/mol. The Morgan fingerprint density at radius 1 is 1.05 bits per heavy atom. The molecular weight excluding hydrogens is 260 g/mol. The molecule has 3 nitrogen and oxygen atoms in total. The molecule has 3 rings (SSSR count). The summed E-state index contributed by atoms with van der Waals surface area (Å²) in [4.78, 5) is 4.46. The number of hydrogen-bond acceptors (Lipinski definition) is 2. The third-order valence-corrected chi connectivity index (χ3v) is 3.71. The average molecular weight is 278 g/mol. The molecule has 0 aliphatic heterocycles. The van der Waals surface area contributed by atoms with Crippen molar-refractivity contribution in [1.29, 1.82) is 0 Å². The van der Waals surface area contributed by atoms with Crippen LogP contribution < -0.4 is 0 Å². The molecule has 0 radical (unpaired) electrons. The standard InChI is InChI=1S/C18H18N2O/c1-20-17-10-6-5-9-15(17)16(18(20)21)13-19-12-11-14-7-3-2-4-8-14/h2-10,13,21H,11-12H2,1H3. The summed E-state index contributed by atoms with van der Waals surface area (Å²) in [5, 5.41) is 11.2. The molecule has 3 heteroatoms. The van der Waals surface area contributed by atoms with E-state index in [1.165, 1.54) is 5.56 Å². The highest BCUT2D eigenvalue weighted by molar-refractivity contribution is 6.02. The number of aromatic hydroxyl groups is 1. The van der Waals surface area contributed by atoms with Crippen molar-refractivity contribution in [2.24, 2.45) is 12.0 Å². The van der Waals surface area contributed by atoms with Crippen LogP contribution in [0.2, 0.25) is 0 Å². The van der Waals surface area contributed by atoms with Gasteiger partial charge in [-0.2, -0.15) is 0 Å². The summed E-state index contributed by atoms with van der Waals surface area (Å²) in [5.74, 6) is 0.264. The highest BCUT2D eigenvalue weighted by atomic mass is 16.3. The zero-order valence-corrected chi connectivity index (χ0v) is 12.0. The molecule has 0 atom stereocenters. The number of aryl methyl sites for hydroxylation is 1. The molecule has 0 bridgehead atoms. The van der Waals surface area contributed by atoms with E-state index in [4.69, 9.17) is 0 Å². The van der Waals surface area contributed by atoms with Crippen LogP contribution in [0.4, 0.5) is 0 Å². The zero-order chi connectivity index (χ0) is 14.7. The first-order valence-corrected chi connectivity index (χ1v) is 7.07. The van der Waals surface area contributed by atoms with Crippen LogP contribution in [0, 0.1) is 0 Å². The molecule has 3 aromatic rings. The molecule has 1 aromatic heterocycles. The molecule has 1 N–H and O–H groups in total. The van der Waals surface area contributed by atoms with Gasteiger partial charge in [0.1, 0.15) is 0 Å². The van der Waals surface area contributed by atoms with Crippen molar-refractivity contribution in [3.63, 3.8) is 0 Å². The van der Waals surface area contributed by atoms with Gasteiger partial charge in [-0.05, 0) is 18.1 Å². The van der Waals surface area contributed by atoms with E-state index in [0.717, 1.165) is 22.9 Å². The Morgan fingerprint density at radius 2 is 1.76 bits per heavy atom. The van der Waals surface area contributed by atoms with Gasteiger partial charge in [-0.1, -0.05) is 48.5 Å². The second-order valence-electron chi connectivity index (χ2n) is 5.08. The van der Waals surface area contributed by atoms with Crippen LogP contribution >= 0.6 is 0 Å². The van der Waals surface area contributed by atoms with Crippen molar-refractivity contribution in [1.82, 2.24) is 4.57 Å². The van der Waals surface area contributed by atoms with Crippen molar-refractivity contribution < 1.29 is 5.11 Å². The van der Waals surface area contributed by atoms with E-state index < -0.39 is 0 Å². The largest absolute Gasteiger partial charge is 0.494 e. The number of para-hydroxylation sites is 1. The molecule has 0 fully saturated rings. The number of aromatic nitrogens is 1. The van der Waals surface area contributed by atoms with Gasteiger partial charge in [-0.25, -0.2) is 0 Å². The molecule has 21 heavy (non-hydrogen) atoms. The molecule has 0 spiro atoms. The summed E-state index contributed by atoms with van der Waals surface area (Å²) in [6.45, 7) is 0.715. The van der Waals surface area contributed by atoms with Gasteiger partial charge in [0.15, 0.2) is 0 Å². The second-order valence-corrected chi connectivity index (χ2v) is 5.08. The normalized spacial score (nSPS) is 11.5. The van der Waals surface area contributed by atoms with E-state index >= 15 is 0 Å². The minimum Gasteiger partial charge on any atom is -0.494 e. The third kappa shape index (κ3) is 2.68. The van der Waals surface area contributed by atoms with Crippen LogP contribution in [0.1, 0.15) is 11.1 Å². The van der Waals surface area contributed by atoms with E-state index in [1.807, 2.05) is 49.5 Å². The van der Waals surface area contributed by atoms with Crippen LogP contribution in [-0.4, -0.2) is 22.4 Å². The molecule has 0 saturated carbocycles. The smallest absolute Gasteiger partial charge is 0.200 e. The summed E-state index contributed by atoms with van der Waals surface area (Å²) >= 11 is 0. The third-order valence-electron chi connectivity index (χ3n) is 3.71. The number of benzene rings is 2. The maximum Gasteiger partial charge on any atom is 0.200 e. The summed E-state index contributed by atoms with van der Waals surface area (Å²) in [7, 11) is 1.86. The van der Waals surface area contributed by atoms with E-state index in [-0.39, 0.29) is 5.88 Å². The highest BCUT2D eigenvalue weighted by Crippen LogP contribution is 2.28. The average Bonchev–Trinajstić information content (AvgIpc) is 2.77. The number of hydrogen-bond donors (Lipinski definition) is 1. The van der Waals surface area contributed by atoms with E-state index in [9.17, 15) is 5.11 Å². The molecule has 0 aliphatic carbocycles. The van der Waals surface area contributed by atoms with Crippen LogP contribution in [0.25, 0.3) is 10.9 Å². The van der Waals surface area contributed by atoms with Gasteiger partial charge >= 0.3 is 0 Å². The van der Waals surface area contributed by atoms with E-state index in [2.05, 4.69) is 17.1 Å². The van der Waals surface area contributed by atoms with Gasteiger partial charge in [-0.15, -0.1) is 0 Å². The lowest BCUT2D eigenvalue weighted by Crippen LogP contribution is -1.90. The molecule has 0 amide bonds. The Balaban J connectivity index is 1.79. The Morgan fingerprint density at radius 3 is 2.57 bits per heavy atom. The number of fused-ring (bicyclic) bond motifs is 1. The summed E-state index contributed by atoms with van der Waals surface area (Å²) < 4.78 is 1.79. The fourth-order valence-corrected chi connectivity index (χ4v) is 2.53. The minimum atomic E-state index is 0.264. The Labute approximate surface area is 124 Å². The van der Waals surface area contributed by atoms with Crippen molar-refractivity contribution in [2.45, 2.75) is 6.42 Å². The summed E-state index contributed by atoms with van der Waals surface area (Å²) in [6, 6.07) is 18.2. The van der Waals surface area contributed by atoms with Crippen LogP contribution in [0.3, 0.4) is 0 Å². The first kappa shape index (κ1) is 13.4. The van der Waals surface area contributed by atoms with E-state index in [0.29, 0.717) is 6.54 Å². The van der Waals surface area contributed by atoms with Crippen molar-refractivity contribution in [3.05, 3.63) is 65.7 Å². The van der Waals surface area contributed by atoms with Gasteiger partial charge in [0, 0.05) is 25.2 Å². The van der Waals surface area contributed by atoms with Gasteiger partial charge in [0.2, 0.25) is 5.88 Å². The Hall–Kier alpha value is -2.55. The topological polar surface area (TPSA) is 37.5 Å². The SMILES string of the molecule is Cn1c(O)c(C=NCCc2ccccc2)c2ccccc21. The zero-order valence-electron chi connectivity index (χ0n) is 12.0. The first-order chi connectivity index (χ1) is 10.3. The lowest BCUT2D eigenvalue weighted by atomic mass is 10.1. The molecule has 2 aromatic carbocycles. The maximum atomic E-state index is 10.2. The second kappa shape index (κ2) is 5.83. The van der Waals surface area contributed by atoms with Crippen molar-refractivity contribution >= 4 is 17.1 Å². The first-order valence-electron chi connectivity index (χ1n) is 7.07. The summed E-state index contributed by atoms with van der Waals surface area (Å²) in [5.41, 5.74) is 3.08. The molecule has 0 unspecified atom stereocenters. The molecule has 106 valence electrons. The quantitative estimate of drug-likeness (QED) is 0.728. The summed E-state index contributed by atoms with van der Waals surface area (Å²) in [6.07, 6.45) is 2.68. The van der Waals surface area contributed by atoms with Crippen LogP contribution in [0.15, 0.2) is 59.6 Å². The molecule has 0 aliphatic rings. The lowest BCUT2D eigenvalue weighted by molar-refractivity contribution is 0.434. The highest BCUT2D eigenvalue weighted by Gasteiger charge is 2.11. The van der Waals surface area contributed by atoms with E-state index in [1.54, 1.807) is 10.8 Å². The minimum absolute atomic E-state index is 0.264. The number of nitrogens with zero attached hydrogens (tertiary/aromatic N) is 2. The Bertz CT molecular complexity index is 773. The predicted octanol–water partition coefficient (Wildman–Crippen LogP) is 3.55. The van der Waals surface area contributed by atoms with Crippen LogP contribution in [0.5, 0.6) is 5.88 Å². The lowest BCUT2D eigenvalue weighted by Gasteiger charge is -1.97. The van der Waals surface area contributed by atoms with Gasteiger partial charge in [-0.3, -0.25) is 4.99 Å². The molecule has 0 saturated heterocycles. The van der Waals surface area contributed by atoms with Crippen molar-refractivity contribution in [3.8, 4) is 5.88 Å². The van der Waals surface area contributed by atoms with Gasteiger partial charge in [0.25, 0.3) is 0 Å². The van der Waals surface area contributed by atoms with Crippen molar-refractivity contribution in [2.75, 3.05) is 6.54 Å². The van der Waals surface area contributed by atoms with Gasteiger partial charge in [0.05, 0.1) is 11.1 Å². The Kier molecular flexibility index (Phi) is 3.73.